The monoisotopic (exact) mass is 417 g/mol. The van der Waals surface area contributed by atoms with Crippen molar-refractivity contribution in [2.45, 2.75) is 44.9 Å². The first kappa shape index (κ1) is 23.9. The summed E-state index contributed by atoms with van der Waals surface area (Å²) in [5.41, 5.74) is 1.81. The number of rotatable bonds is 8. The van der Waals surface area contributed by atoms with Crippen LogP contribution in [0.2, 0.25) is 0 Å². The molecule has 154 valence electrons. The SMILES string of the molecule is CCCNCCNC(=O)C1CCN(S(=O)(=O)c2ccc(C)cc2C)CC1.Cl. The number of nitrogens with zero attached hydrogens (tertiary/aromatic N) is 1. The van der Waals surface area contributed by atoms with Crippen LogP contribution in [0.5, 0.6) is 0 Å². The minimum atomic E-state index is -3.49. The van der Waals surface area contributed by atoms with E-state index in [-0.39, 0.29) is 24.2 Å². The van der Waals surface area contributed by atoms with Gasteiger partial charge in [0.1, 0.15) is 0 Å². The standard InChI is InChI=1S/C19H31N3O3S.ClH/c1-4-9-20-10-11-21-19(23)17-7-12-22(13-8-17)26(24,25)18-6-5-15(2)14-16(18)3;/h5-6,14,17,20H,4,7-13H2,1-3H3,(H,21,23);1H. The molecule has 0 unspecified atom stereocenters. The first-order valence-corrected chi connectivity index (χ1v) is 10.9. The van der Waals surface area contributed by atoms with Crippen LogP contribution >= 0.6 is 12.4 Å². The average Bonchev–Trinajstić information content (AvgIpc) is 2.61. The molecule has 1 aromatic rings. The van der Waals surface area contributed by atoms with E-state index in [9.17, 15) is 13.2 Å². The Hall–Kier alpha value is -1.15. The lowest BCUT2D eigenvalue weighted by Crippen LogP contribution is -2.44. The van der Waals surface area contributed by atoms with Gasteiger partial charge < -0.3 is 10.6 Å². The van der Waals surface area contributed by atoms with Gasteiger partial charge in [-0.05, 0) is 51.3 Å². The van der Waals surface area contributed by atoms with Crippen molar-refractivity contribution in [3.05, 3.63) is 29.3 Å². The van der Waals surface area contributed by atoms with Crippen molar-refractivity contribution in [3.63, 3.8) is 0 Å². The Kier molecular flexibility index (Phi) is 9.73. The second-order valence-corrected chi connectivity index (χ2v) is 8.89. The molecule has 0 atom stereocenters. The first-order chi connectivity index (χ1) is 12.4. The molecule has 0 spiro atoms. The van der Waals surface area contributed by atoms with Crippen LogP contribution in [-0.4, -0.2) is 51.4 Å². The molecular weight excluding hydrogens is 386 g/mol. The van der Waals surface area contributed by atoms with Gasteiger partial charge in [-0.25, -0.2) is 8.42 Å². The van der Waals surface area contributed by atoms with Gasteiger partial charge in [-0.2, -0.15) is 4.31 Å². The zero-order valence-electron chi connectivity index (χ0n) is 16.5. The highest BCUT2D eigenvalue weighted by Crippen LogP contribution is 2.26. The maximum atomic E-state index is 12.9. The number of halogens is 1. The van der Waals surface area contributed by atoms with Gasteiger partial charge in [0.05, 0.1) is 4.90 Å². The van der Waals surface area contributed by atoms with E-state index < -0.39 is 10.0 Å². The number of benzene rings is 1. The van der Waals surface area contributed by atoms with Crippen LogP contribution in [0, 0.1) is 19.8 Å². The quantitative estimate of drug-likeness (QED) is 0.636. The summed E-state index contributed by atoms with van der Waals surface area (Å²) in [5.74, 6) is -0.0707. The molecule has 27 heavy (non-hydrogen) atoms. The first-order valence-electron chi connectivity index (χ1n) is 9.42. The second-order valence-electron chi connectivity index (χ2n) is 6.99. The summed E-state index contributed by atoms with van der Waals surface area (Å²) in [6.07, 6.45) is 2.21. The number of amides is 1. The van der Waals surface area contributed by atoms with Crippen molar-refractivity contribution >= 4 is 28.3 Å². The number of hydrogen-bond donors (Lipinski definition) is 2. The summed E-state index contributed by atoms with van der Waals surface area (Å²) in [4.78, 5) is 12.6. The third-order valence-corrected chi connectivity index (χ3v) is 6.86. The zero-order chi connectivity index (χ0) is 19.2. The van der Waals surface area contributed by atoms with Crippen molar-refractivity contribution in [3.8, 4) is 0 Å². The Morgan fingerprint density at radius 2 is 1.81 bits per heavy atom. The lowest BCUT2D eigenvalue weighted by atomic mass is 9.97. The molecule has 1 aromatic carbocycles. The highest BCUT2D eigenvalue weighted by atomic mass is 35.5. The lowest BCUT2D eigenvalue weighted by Gasteiger charge is -2.31. The van der Waals surface area contributed by atoms with Gasteiger partial charge in [0.15, 0.2) is 0 Å². The molecule has 2 rings (SSSR count). The van der Waals surface area contributed by atoms with E-state index in [1.54, 1.807) is 6.07 Å². The smallest absolute Gasteiger partial charge is 0.243 e. The summed E-state index contributed by atoms with van der Waals surface area (Å²) < 4.78 is 27.3. The molecular formula is C19H32ClN3O3S. The fraction of sp³-hybridized carbons (Fsp3) is 0.632. The average molecular weight is 418 g/mol. The lowest BCUT2D eigenvalue weighted by molar-refractivity contribution is -0.126. The Morgan fingerprint density at radius 3 is 2.41 bits per heavy atom. The molecule has 1 aliphatic rings. The maximum Gasteiger partial charge on any atom is 0.243 e. The van der Waals surface area contributed by atoms with Crippen LogP contribution in [0.3, 0.4) is 0 Å². The highest BCUT2D eigenvalue weighted by molar-refractivity contribution is 7.89. The van der Waals surface area contributed by atoms with Gasteiger partial charge in [0.2, 0.25) is 15.9 Å². The van der Waals surface area contributed by atoms with E-state index in [1.165, 1.54) is 4.31 Å². The topological polar surface area (TPSA) is 78.5 Å². The molecule has 1 heterocycles. The van der Waals surface area contributed by atoms with Gasteiger partial charge in [-0.1, -0.05) is 24.6 Å². The van der Waals surface area contributed by atoms with Crippen LogP contribution in [0.15, 0.2) is 23.1 Å². The summed E-state index contributed by atoms with van der Waals surface area (Å²) >= 11 is 0. The molecule has 0 aromatic heterocycles. The van der Waals surface area contributed by atoms with E-state index in [0.717, 1.165) is 30.6 Å². The number of aryl methyl sites for hydroxylation is 2. The summed E-state index contributed by atoms with van der Waals surface area (Å²) in [7, 11) is -3.49. The van der Waals surface area contributed by atoms with Crippen LogP contribution in [-0.2, 0) is 14.8 Å². The van der Waals surface area contributed by atoms with Crippen molar-refractivity contribution < 1.29 is 13.2 Å². The second kappa shape index (κ2) is 11.0. The molecule has 1 aliphatic heterocycles. The van der Waals surface area contributed by atoms with Crippen molar-refractivity contribution in [1.29, 1.82) is 0 Å². The number of carbonyl (C=O) groups excluding carboxylic acids is 1. The Bertz CT molecular complexity index is 717. The van der Waals surface area contributed by atoms with E-state index in [0.29, 0.717) is 37.4 Å². The minimum absolute atomic E-state index is 0. The number of nitrogens with one attached hydrogen (secondary N) is 2. The zero-order valence-corrected chi connectivity index (χ0v) is 18.1. The predicted octanol–water partition coefficient (Wildman–Crippen LogP) is 2.24. The van der Waals surface area contributed by atoms with Gasteiger partial charge >= 0.3 is 0 Å². The van der Waals surface area contributed by atoms with Gasteiger partial charge in [-0.15, -0.1) is 12.4 Å². The van der Waals surface area contributed by atoms with Crippen LogP contribution in [0.1, 0.15) is 37.3 Å². The number of sulfonamides is 1. The fourth-order valence-corrected chi connectivity index (χ4v) is 4.98. The molecule has 1 saturated heterocycles. The molecule has 2 N–H and O–H groups in total. The molecule has 6 nitrogen and oxygen atoms in total. The van der Waals surface area contributed by atoms with E-state index in [2.05, 4.69) is 17.6 Å². The van der Waals surface area contributed by atoms with Gasteiger partial charge in [-0.3, -0.25) is 4.79 Å². The summed E-state index contributed by atoms with van der Waals surface area (Å²) in [5, 5.41) is 6.19. The largest absolute Gasteiger partial charge is 0.355 e. The normalized spacial score (nSPS) is 16.0. The van der Waals surface area contributed by atoms with Crippen molar-refractivity contribution in [2.24, 2.45) is 5.92 Å². The third-order valence-electron chi connectivity index (χ3n) is 4.80. The Balaban J connectivity index is 0.00000364. The molecule has 1 amide bonds. The molecule has 0 radical (unpaired) electrons. The Morgan fingerprint density at radius 1 is 1.15 bits per heavy atom. The Labute approximate surface area is 169 Å². The molecule has 8 heteroatoms. The van der Waals surface area contributed by atoms with Crippen molar-refractivity contribution in [2.75, 3.05) is 32.7 Å². The number of carbonyl (C=O) groups is 1. The minimum Gasteiger partial charge on any atom is -0.355 e. The molecule has 0 aliphatic carbocycles. The van der Waals surface area contributed by atoms with Gasteiger partial charge in [0.25, 0.3) is 0 Å². The van der Waals surface area contributed by atoms with Crippen LogP contribution < -0.4 is 10.6 Å². The van der Waals surface area contributed by atoms with E-state index in [4.69, 9.17) is 0 Å². The van der Waals surface area contributed by atoms with Crippen molar-refractivity contribution in [1.82, 2.24) is 14.9 Å². The molecule has 1 fully saturated rings. The van der Waals surface area contributed by atoms with Gasteiger partial charge in [0, 0.05) is 32.1 Å². The molecule has 0 bridgehead atoms. The third kappa shape index (κ3) is 6.45. The maximum absolute atomic E-state index is 12.9. The number of hydrogen-bond acceptors (Lipinski definition) is 4. The highest BCUT2D eigenvalue weighted by Gasteiger charge is 2.32. The predicted molar refractivity (Wildman–Crippen MR) is 111 cm³/mol. The van der Waals surface area contributed by atoms with Crippen LogP contribution in [0.25, 0.3) is 0 Å². The summed E-state index contributed by atoms with van der Waals surface area (Å²) in [6.45, 7) is 8.98. The molecule has 0 saturated carbocycles. The van der Waals surface area contributed by atoms with E-state index >= 15 is 0 Å². The number of piperidine rings is 1. The summed E-state index contributed by atoms with van der Waals surface area (Å²) in [6, 6.07) is 5.40. The fourth-order valence-electron chi connectivity index (χ4n) is 3.31. The van der Waals surface area contributed by atoms with Crippen LogP contribution in [0.4, 0.5) is 0 Å². The van der Waals surface area contributed by atoms with E-state index in [1.807, 2.05) is 26.0 Å².